The molecule has 4 aromatic rings. The van der Waals surface area contributed by atoms with Gasteiger partial charge in [-0.2, -0.15) is 0 Å². The van der Waals surface area contributed by atoms with E-state index in [0.717, 1.165) is 0 Å². The highest BCUT2D eigenvalue weighted by Crippen LogP contribution is 2.29. The topological polar surface area (TPSA) is 94.3 Å². The van der Waals surface area contributed by atoms with Crippen LogP contribution >= 0.6 is 23.2 Å². The SMILES string of the molecule is Cc1noc2nc(-c3ccc(F)cc3)cc(C(=O)OC(C)C(=O)Nc3cc(Cl)ccc3Cl)c12. The number of aromatic nitrogens is 2. The summed E-state index contributed by atoms with van der Waals surface area (Å²) in [5.74, 6) is -1.79. The second-order valence-electron chi connectivity index (χ2n) is 7.17. The number of carbonyl (C=O) groups is 2. The van der Waals surface area contributed by atoms with Gasteiger partial charge in [-0.05, 0) is 62.4 Å². The molecule has 0 aliphatic heterocycles. The van der Waals surface area contributed by atoms with Gasteiger partial charge >= 0.3 is 5.97 Å². The van der Waals surface area contributed by atoms with Crippen molar-refractivity contribution in [3.63, 3.8) is 0 Å². The molecule has 168 valence electrons. The van der Waals surface area contributed by atoms with Crippen LogP contribution < -0.4 is 5.32 Å². The van der Waals surface area contributed by atoms with Crippen LogP contribution in [-0.4, -0.2) is 28.1 Å². The maximum Gasteiger partial charge on any atom is 0.339 e. The van der Waals surface area contributed by atoms with Crippen molar-refractivity contribution in [1.29, 1.82) is 0 Å². The summed E-state index contributed by atoms with van der Waals surface area (Å²) in [6.45, 7) is 3.07. The molecule has 0 fully saturated rings. The van der Waals surface area contributed by atoms with Gasteiger partial charge in [0.1, 0.15) is 5.82 Å². The number of amides is 1. The number of hydrogen-bond acceptors (Lipinski definition) is 6. The Kier molecular flexibility index (Phi) is 6.31. The minimum absolute atomic E-state index is 0.110. The number of hydrogen-bond donors (Lipinski definition) is 1. The van der Waals surface area contributed by atoms with Gasteiger partial charge in [0.15, 0.2) is 6.10 Å². The lowest BCUT2D eigenvalue weighted by Gasteiger charge is -2.15. The van der Waals surface area contributed by atoms with Gasteiger partial charge in [0, 0.05) is 10.6 Å². The summed E-state index contributed by atoms with van der Waals surface area (Å²) in [7, 11) is 0. The predicted molar refractivity (Wildman–Crippen MR) is 122 cm³/mol. The van der Waals surface area contributed by atoms with Gasteiger partial charge in [0.2, 0.25) is 0 Å². The van der Waals surface area contributed by atoms with E-state index in [1.807, 2.05) is 0 Å². The highest BCUT2D eigenvalue weighted by atomic mass is 35.5. The molecular weight excluding hydrogens is 472 g/mol. The molecule has 0 spiro atoms. The van der Waals surface area contributed by atoms with Crippen molar-refractivity contribution < 1.29 is 23.2 Å². The predicted octanol–water partition coefficient (Wildman–Crippen LogP) is 5.83. The highest BCUT2D eigenvalue weighted by Gasteiger charge is 2.25. The molecular formula is C23H16Cl2FN3O4. The van der Waals surface area contributed by atoms with Gasteiger partial charge in [-0.3, -0.25) is 4.79 Å². The summed E-state index contributed by atoms with van der Waals surface area (Å²) >= 11 is 12.0. The summed E-state index contributed by atoms with van der Waals surface area (Å²) in [4.78, 5) is 30.0. The first-order chi connectivity index (χ1) is 15.7. The van der Waals surface area contributed by atoms with E-state index in [1.54, 1.807) is 13.0 Å². The van der Waals surface area contributed by atoms with E-state index in [2.05, 4.69) is 15.5 Å². The molecule has 2 aromatic carbocycles. The van der Waals surface area contributed by atoms with Gasteiger partial charge in [0.05, 0.1) is 33.0 Å². The van der Waals surface area contributed by atoms with E-state index < -0.39 is 23.8 Å². The second-order valence-corrected chi connectivity index (χ2v) is 8.01. The maximum atomic E-state index is 13.3. The maximum absolute atomic E-state index is 13.3. The van der Waals surface area contributed by atoms with Crippen molar-refractivity contribution in [2.75, 3.05) is 5.32 Å². The van der Waals surface area contributed by atoms with E-state index in [-0.39, 0.29) is 22.0 Å². The molecule has 1 amide bonds. The molecule has 0 aliphatic rings. The molecule has 2 heterocycles. The molecule has 7 nitrogen and oxygen atoms in total. The third-order valence-electron chi connectivity index (χ3n) is 4.82. The summed E-state index contributed by atoms with van der Waals surface area (Å²) in [6, 6.07) is 11.7. The molecule has 0 saturated carbocycles. The first-order valence-electron chi connectivity index (χ1n) is 9.73. The number of esters is 1. The zero-order chi connectivity index (χ0) is 23.7. The number of nitrogens with zero attached hydrogens (tertiary/aromatic N) is 2. The van der Waals surface area contributed by atoms with Crippen LogP contribution in [0, 0.1) is 12.7 Å². The lowest BCUT2D eigenvalue weighted by Crippen LogP contribution is -2.30. The van der Waals surface area contributed by atoms with Crippen LogP contribution in [0.25, 0.3) is 22.4 Å². The van der Waals surface area contributed by atoms with Crippen LogP contribution in [0.15, 0.2) is 53.1 Å². The number of rotatable bonds is 5. The lowest BCUT2D eigenvalue weighted by atomic mass is 10.1. The minimum atomic E-state index is -1.16. The van der Waals surface area contributed by atoms with Gasteiger partial charge in [0.25, 0.3) is 11.6 Å². The van der Waals surface area contributed by atoms with E-state index in [4.69, 9.17) is 32.5 Å². The highest BCUT2D eigenvalue weighted by molar-refractivity contribution is 6.35. The Morgan fingerprint density at radius 1 is 1.12 bits per heavy atom. The first kappa shape index (κ1) is 22.7. The van der Waals surface area contributed by atoms with Gasteiger partial charge in [-0.15, -0.1) is 0 Å². The molecule has 0 aliphatic carbocycles. The number of carbonyl (C=O) groups excluding carboxylic acids is 2. The number of nitrogens with one attached hydrogen (secondary N) is 1. The standard InChI is InChI=1S/C23H16Cl2FN3O4/c1-11-20-16(10-18(28-22(20)33-29-11)13-3-6-15(26)7-4-13)23(31)32-12(2)21(30)27-19-9-14(24)5-8-17(19)25/h3-10,12H,1-2H3,(H,27,30). The zero-order valence-corrected chi connectivity index (χ0v) is 18.9. The zero-order valence-electron chi connectivity index (χ0n) is 17.4. The Labute approximate surface area is 197 Å². The number of anilines is 1. The van der Waals surface area contributed by atoms with E-state index in [0.29, 0.717) is 27.4 Å². The van der Waals surface area contributed by atoms with Crippen molar-refractivity contribution in [2.24, 2.45) is 0 Å². The average Bonchev–Trinajstić information content (AvgIpc) is 3.16. The lowest BCUT2D eigenvalue weighted by molar-refractivity contribution is -0.123. The summed E-state index contributed by atoms with van der Waals surface area (Å²) in [5, 5.41) is 7.47. The van der Waals surface area contributed by atoms with Gasteiger partial charge < -0.3 is 14.6 Å². The summed E-state index contributed by atoms with van der Waals surface area (Å²) < 4.78 is 23.9. The van der Waals surface area contributed by atoms with Crippen molar-refractivity contribution in [3.8, 4) is 11.3 Å². The summed E-state index contributed by atoms with van der Waals surface area (Å²) in [5.41, 5.74) is 1.86. The molecule has 1 atom stereocenters. The summed E-state index contributed by atoms with van der Waals surface area (Å²) in [6.07, 6.45) is -1.16. The molecule has 10 heteroatoms. The van der Waals surface area contributed by atoms with E-state index in [9.17, 15) is 14.0 Å². The van der Waals surface area contributed by atoms with Gasteiger partial charge in [-0.25, -0.2) is 14.2 Å². The van der Waals surface area contributed by atoms with Crippen LogP contribution in [0.5, 0.6) is 0 Å². The van der Waals surface area contributed by atoms with Crippen LogP contribution in [0.1, 0.15) is 23.0 Å². The number of pyridine rings is 1. The molecule has 33 heavy (non-hydrogen) atoms. The fourth-order valence-corrected chi connectivity index (χ4v) is 3.47. The fraction of sp³-hybridized carbons (Fsp3) is 0.130. The molecule has 4 rings (SSSR count). The largest absolute Gasteiger partial charge is 0.449 e. The number of benzene rings is 2. The normalized spacial score (nSPS) is 11.9. The van der Waals surface area contributed by atoms with Crippen molar-refractivity contribution in [3.05, 3.63) is 75.7 Å². The first-order valence-corrected chi connectivity index (χ1v) is 10.5. The molecule has 0 bridgehead atoms. The molecule has 0 saturated heterocycles. The van der Waals surface area contributed by atoms with E-state index in [1.165, 1.54) is 49.4 Å². The van der Waals surface area contributed by atoms with Crippen LogP contribution in [-0.2, 0) is 9.53 Å². The molecule has 1 unspecified atom stereocenters. The second kappa shape index (κ2) is 9.17. The Hall–Kier alpha value is -3.49. The van der Waals surface area contributed by atoms with Gasteiger partial charge in [-0.1, -0.05) is 28.4 Å². The third kappa shape index (κ3) is 4.81. The molecule has 1 N–H and O–H groups in total. The minimum Gasteiger partial charge on any atom is -0.449 e. The van der Waals surface area contributed by atoms with Crippen LogP contribution in [0.4, 0.5) is 10.1 Å². The fourth-order valence-electron chi connectivity index (χ4n) is 3.13. The molecule has 0 radical (unpaired) electrons. The van der Waals surface area contributed by atoms with Crippen molar-refractivity contribution >= 4 is 51.9 Å². The number of fused-ring (bicyclic) bond motifs is 1. The molecule has 2 aromatic heterocycles. The monoisotopic (exact) mass is 487 g/mol. The quantitative estimate of drug-likeness (QED) is 0.356. The van der Waals surface area contributed by atoms with Crippen molar-refractivity contribution in [2.45, 2.75) is 20.0 Å². The Balaban J connectivity index is 1.61. The Morgan fingerprint density at radius 2 is 1.85 bits per heavy atom. The smallest absolute Gasteiger partial charge is 0.339 e. The van der Waals surface area contributed by atoms with Crippen molar-refractivity contribution in [1.82, 2.24) is 10.1 Å². The number of ether oxygens (including phenoxy) is 1. The Morgan fingerprint density at radius 3 is 2.58 bits per heavy atom. The Bertz CT molecular complexity index is 1370. The van der Waals surface area contributed by atoms with E-state index >= 15 is 0 Å². The van der Waals surface area contributed by atoms with Crippen LogP contribution in [0.2, 0.25) is 10.0 Å². The van der Waals surface area contributed by atoms with Crippen LogP contribution in [0.3, 0.4) is 0 Å². The average molecular weight is 488 g/mol. The third-order valence-corrected chi connectivity index (χ3v) is 5.38. The number of halogens is 3. The number of aryl methyl sites for hydroxylation is 1.